The molecule has 0 atom stereocenters. The summed E-state index contributed by atoms with van der Waals surface area (Å²) in [5.41, 5.74) is 1.66. The molecule has 17 heavy (non-hydrogen) atoms. The molecule has 1 nitrogen and oxygen atoms in total. The third-order valence-electron chi connectivity index (χ3n) is 2.47. The molecule has 2 rings (SSSR count). The molecule has 0 saturated heterocycles. The van der Waals surface area contributed by atoms with Crippen molar-refractivity contribution in [2.45, 2.75) is 13.3 Å². The molecule has 0 N–H and O–H groups in total. The number of hydrogen-bond donors (Lipinski definition) is 0. The molecule has 1 heterocycles. The fourth-order valence-electron chi connectivity index (χ4n) is 1.59. The van der Waals surface area contributed by atoms with Gasteiger partial charge in [-0.1, -0.05) is 15.9 Å². The largest absolute Gasteiger partial charge is 0.293 e. The Kier molecular flexibility index (Phi) is 3.74. The maximum absolute atomic E-state index is 13.1. The van der Waals surface area contributed by atoms with Crippen molar-refractivity contribution in [3.8, 4) is 0 Å². The number of ketones is 1. The highest BCUT2D eigenvalue weighted by atomic mass is 79.9. The van der Waals surface area contributed by atoms with Gasteiger partial charge >= 0.3 is 0 Å². The molecule has 88 valence electrons. The average Bonchev–Trinajstić information content (AvgIpc) is 2.70. The summed E-state index contributed by atoms with van der Waals surface area (Å²) in [7, 11) is 0. The molecule has 0 fully saturated rings. The summed E-state index contributed by atoms with van der Waals surface area (Å²) in [6.07, 6.45) is 0.222. The van der Waals surface area contributed by atoms with E-state index in [1.165, 1.54) is 23.5 Å². The Labute approximate surface area is 111 Å². The van der Waals surface area contributed by atoms with Crippen molar-refractivity contribution >= 4 is 33.0 Å². The molecule has 0 bridgehead atoms. The summed E-state index contributed by atoms with van der Waals surface area (Å²) in [6, 6.07) is 6.30. The van der Waals surface area contributed by atoms with Gasteiger partial charge in [-0.25, -0.2) is 4.39 Å². The quantitative estimate of drug-likeness (QED) is 0.768. The molecule has 4 heteroatoms. The molecule has 0 amide bonds. The highest BCUT2D eigenvalue weighted by Gasteiger charge is 2.13. The first kappa shape index (κ1) is 12.5. The van der Waals surface area contributed by atoms with Crippen LogP contribution in [0.15, 0.2) is 34.1 Å². The van der Waals surface area contributed by atoms with Crippen LogP contribution in [0.4, 0.5) is 4.39 Å². The molecule has 1 aromatic carbocycles. The van der Waals surface area contributed by atoms with Gasteiger partial charge in [0.2, 0.25) is 0 Å². The number of carbonyl (C=O) groups excluding carboxylic acids is 1. The number of halogens is 2. The summed E-state index contributed by atoms with van der Waals surface area (Å²) < 4.78 is 13.9. The highest BCUT2D eigenvalue weighted by Crippen LogP contribution is 2.22. The van der Waals surface area contributed by atoms with E-state index in [0.29, 0.717) is 5.56 Å². The lowest BCUT2D eigenvalue weighted by atomic mass is 10.1. The van der Waals surface area contributed by atoms with Gasteiger partial charge in [0.1, 0.15) is 5.82 Å². The van der Waals surface area contributed by atoms with Crippen molar-refractivity contribution in [1.29, 1.82) is 0 Å². The SMILES string of the molecule is Cc1ccsc1C(=O)Cc1cc(F)ccc1Br. The number of benzene rings is 1. The van der Waals surface area contributed by atoms with Crippen molar-refractivity contribution in [2.75, 3.05) is 0 Å². The standard InChI is InChI=1S/C13H10BrFOS/c1-8-4-5-17-13(8)12(16)7-9-6-10(15)2-3-11(9)14/h2-6H,7H2,1H3. The third-order valence-corrected chi connectivity index (χ3v) is 4.31. The van der Waals surface area contributed by atoms with Gasteiger partial charge < -0.3 is 0 Å². The fourth-order valence-corrected chi connectivity index (χ4v) is 2.84. The topological polar surface area (TPSA) is 17.1 Å². The highest BCUT2D eigenvalue weighted by molar-refractivity contribution is 9.10. The van der Waals surface area contributed by atoms with Crippen molar-refractivity contribution in [3.63, 3.8) is 0 Å². The van der Waals surface area contributed by atoms with Crippen molar-refractivity contribution in [1.82, 2.24) is 0 Å². The van der Waals surface area contributed by atoms with Gasteiger partial charge in [0, 0.05) is 10.9 Å². The van der Waals surface area contributed by atoms with Crippen LogP contribution in [0.25, 0.3) is 0 Å². The zero-order valence-corrected chi connectivity index (χ0v) is 11.6. The molecule has 2 aromatic rings. The maximum atomic E-state index is 13.1. The molecule has 1 aromatic heterocycles. The second-order valence-electron chi connectivity index (χ2n) is 3.77. The van der Waals surface area contributed by atoms with Crippen LogP contribution in [-0.4, -0.2) is 5.78 Å². The summed E-state index contributed by atoms with van der Waals surface area (Å²) in [5.74, 6) is -0.289. The van der Waals surface area contributed by atoms with E-state index in [4.69, 9.17) is 0 Å². The number of rotatable bonds is 3. The number of carbonyl (C=O) groups is 1. The van der Waals surface area contributed by atoms with Crippen LogP contribution in [0.1, 0.15) is 20.8 Å². The number of thiophene rings is 1. The number of hydrogen-bond acceptors (Lipinski definition) is 2. The Morgan fingerprint density at radius 3 is 2.82 bits per heavy atom. The zero-order chi connectivity index (χ0) is 12.4. The van der Waals surface area contributed by atoms with E-state index in [0.717, 1.165) is 14.9 Å². The van der Waals surface area contributed by atoms with Gasteiger partial charge in [-0.2, -0.15) is 0 Å². The first-order chi connectivity index (χ1) is 8.08. The van der Waals surface area contributed by atoms with Crippen LogP contribution >= 0.6 is 27.3 Å². The Bertz CT molecular complexity index is 562. The minimum Gasteiger partial charge on any atom is -0.293 e. The maximum Gasteiger partial charge on any atom is 0.177 e. The summed E-state index contributed by atoms with van der Waals surface area (Å²) in [5, 5.41) is 1.89. The van der Waals surface area contributed by atoms with Crippen LogP contribution in [0.2, 0.25) is 0 Å². The Morgan fingerprint density at radius 2 is 2.18 bits per heavy atom. The lowest BCUT2D eigenvalue weighted by Gasteiger charge is -2.03. The molecule has 0 radical (unpaired) electrons. The monoisotopic (exact) mass is 312 g/mol. The van der Waals surface area contributed by atoms with Gasteiger partial charge in [-0.3, -0.25) is 4.79 Å². The lowest BCUT2D eigenvalue weighted by Crippen LogP contribution is -2.03. The second kappa shape index (κ2) is 5.10. The lowest BCUT2D eigenvalue weighted by molar-refractivity contribution is 0.0996. The predicted molar refractivity (Wildman–Crippen MR) is 71.2 cm³/mol. The molecule has 0 unspecified atom stereocenters. The Balaban J connectivity index is 2.24. The van der Waals surface area contributed by atoms with E-state index in [1.807, 2.05) is 18.4 Å². The molecular weight excluding hydrogens is 303 g/mol. The average molecular weight is 313 g/mol. The minimum absolute atomic E-state index is 0.0313. The summed E-state index contributed by atoms with van der Waals surface area (Å²) in [4.78, 5) is 12.8. The van der Waals surface area contributed by atoms with Gasteiger partial charge in [-0.15, -0.1) is 11.3 Å². The Morgan fingerprint density at radius 1 is 1.41 bits per heavy atom. The van der Waals surface area contributed by atoms with E-state index in [1.54, 1.807) is 6.07 Å². The van der Waals surface area contributed by atoms with Gasteiger partial charge in [0.25, 0.3) is 0 Å². The first-order valence-electron chi connectivity index (χ1n) is 5.09. The van der Waals surface area contributed by atoms with E-state index in [9.17, 15) is 9.18 Å². The first-order valence-corrected chi connectivity index (χ1v) is 6.76. The summed E-state index contributed by atoms with van der Waals surface area (Å²) in [6.45, 7) is 1.91. The predicted octanol–water partition coefficient (Wildman–Crippen LogP) is 4.38. The van der Waals surface area contributed by atoms with Gasteiger partial charge in [0.05, 0.1) is 4.88 Å². The number of aryl methyl sites for hydroxylation is 1. The number of Topliss-reactive ketones (excluding diaryl/α,β-unsaturated/α-hetero) is 1. The van der Waals surface area contributed by atoms with E-state index in [2.05, 4.69) is 15.9 Å². The smallest absolute Gasteiger partial charge is 0.177 e. The molecule has 0 aliphatic carbocycles. The zero-order valence-electron chi connectivity index (χ0n) is 9.17. The van der Waals surface area contributed by atoms with Crippen LogP contribution in [0, 0.1) is 12.7 Å². The molecule has 0 aliphatic rings. The van der Waals surface area contributed by atoms with Crippen molar-refractivity contribution < 1.29 is 9.18 Å². The van der Waals surface area contributed by atoms with Crippen molar-refractivity contribution in [2.24, 2.45) is 0 Å². The van der Waals surface area contributed by atoms with Gasteiger partial charge in [0.15, 0.2) is 5.78 Å². The third kappa shape index (κ3) is 2.82. The molecule has 0 spiro atoms. The Hall–Kier alpha value is -1.00. The van der Waals surface area contributed by atoms with Crippen molar-refractivity contribution in [3.05, 3.63) is 55.9 Å². The van der Waals surface area contributed by atoms with Gasteiger partial charge in [-0.05, 0) is 47.7 Å². The molecule has 0 aliphatic heterocycles. The minimum atomic E-state index is -0.320. The normalized spacial score (nSPS) is 10.5. The molecule has 0 saturated carbocycles. The van der Waals surface area contributed by atoms with Crippen LogP contribution in [-0.2, 0) is 6.42 Å². The van der Waals surface area contributed by atoms with Crippen LogP contribution in [0.5, 0.6) is 0 Å². The fraction of sp³-hybridized carbons (Fsp3) is 0.154. The van der Waals surface area contributed by atoms with Crippen LogP contribution < -0.4 is 0 Å². The second-order valence-corrected chi connectivity index (χ2v) is 5.54. The summed E-state index contributed by atoms with van der Waals surface area (Å²) >= 11 is 4.75. The van der Waals surface area contributed by atoms with E-state index in [-0.39, 0.29) is 18.0 Å². The molecular formula is C13H10BrFOS. The van der Waals surface area contributed by atoms with E-state index < -0.39 is 0 Å². The van der Waals surface area contributed by atoms with E-state index >= 15 is 0 Å². The van der Waals surface area contributed by atoms with Crippen LogP contribution in [0.3, 0.4) is 0 Å².